The molecule has 2 aromatic rings. The SMILES string of the molecule is COC1(CNS(=O)(=O)C(F)(F)F)CCN(S(=O)(=O)c2ccc(Cl)cc2S(=O)(=O)c2ccccn2)CC1. The first-order valence-electron chi connectivity index (χ1n) is 10.1. The summed E-state index contributed by atoms with van der Waals surface area (Å²) in [6.45, 7) is -1.30. The molecule has 10 nitrogen and oxygen atoms in total. The van der Waals surface area contributed by atoms with Gasteiger partial charge in [-0.1, -0.05) is 17.7 Å². The quantitative estimate of drug-likeness (QED) is 0.493. The van der Waals surface area contributed by atoms with E-state index in [1.165, 1.54) is 42.3 Å². The van der Waals surface area contributed by atoms with Crippen LogP contribution in [0.4, 0.5) is 13.2 Å². The highest BCUT2D eigenvalue weighted by atomic mass is 35.5. The highest BCUT2D eigenvalue weighted by molar-refractivity contribution is 7.93. The third-order valence-corrected chi connectivity index (χ3v) is 10.8. The average Bonchev–Trinajstić information content (AvgIpc) is 2.82. The highest BCUT2D eigenvalue weighted by Gasteiger charge is 2.48. The van der Waals surface area contributed by atoms with E-state index in [-0.39, 0.29) is 31.0 Å². The van der Waals surface area contributed by atoms with Gasteiger partial charge in [-0.15, -0.1) is 0 Å². The Hall–Kier alpha value is -1.82. The minimum atomic E-state index is -5.63. The number of alkyl halides is 3. The predicted molar refractivity (Wildman–Crippen MR) is 122 cm³/mol. The van der Waals surface area contributed by atoms with Crippen LogP contribution in [0.25, 0.3) is 0 Å². The molecule has 36 heavy (non-hydrogen) atoms. The monoisotopic (exact) mass is 591 g/mol. The topological polar surface area (TPSA) is 140 Å². The van der Waals surface area contributed by atoms with Crippen LogP contribution in [0.2, 0.25) is 5.02 Å². The Bertz CT molecular complexity index is 1430. The summed E-state index contributed by atoms with van der Waals surface area (Å²) in [6.07, 6.45) is 0.894. The second kappa shape index (κ2) is 10.2. The molecule has 1 N–H and O–H groups in total. The number of hydrogen-bond donors (Lipinski definition) is 1. The number of methoxy groups -OCH3 is 1. The molecule has 17 heteroatoms. The van der Waals surface area contributed by atoms with E-state index in [4.69, 9.17) is 16.3 Å². The summed E-state index contributed by atoms with van der Waals surface area (Å²) < 4.78 is 122. The maximum atomic E-state index is 13.4. The van der Waals surface area contributed by atoms with Gasteiger partial charge in [-0.25, -0.2) is 35.0 Å². The summed E-state index contributed by atoms with van der Waals surface area (Å²) in [4.78, 5) is 2.64. The van der Waals surface area contributed by atoms with Gasteiger partial charge in [0.15, 0.2) is 5.03 Å². The maximum Gasteiger partial charge on any atom is 0.511 e. The molecule has 1 fully saturated rings. The lowest BCUT2D eigenvalue weighted by molar-refractivity contribution is -0.0514. The third kappa shape index (κ3) is 5.69. The van der Waals surface area contributed by atoms with Crippen molar-refractivity contribution >= 4 is 41.5 Å². The van der Waals surface area contributed by atoms with E-state index in [1.807, 2.05) is 0 Å². The van der Waals surface area contributed by atoms with Crippen molar-refractivity contribution in [1.82, 2.24) is 14.0 Å². The summed E-state index contributed by atoms with van der Waals surface area (Å²) in [6, 6.07) is 7.35. The van der Waals surface area contributed by atoms with Crippen molar-refractivity contribution in [2.24, 2.45) is 0 Å². The number of ether oxygens (including phenoxy) is 1. The van der Waals surface area contributed by atoms with E-state index in [1.54, 1.807) is 0 Å². The fourth-order valence-corrected chi connectivity index (χ4v) is 7.85. The molecule has 0 unspecified atom stereocenters. The second-order valence-corrected chi connectivity index (χ2v) is 13.8. The smallest absolute Gasteiger partial charge is 0.377 e. The summed E-state index contributed by atoms with van der Waals surface area (Å²) in [7, 11) is -13.3. The summed E-state index contributed by atoms with van der Waals surface area (Å²) in [5, 5.41) is -0.421. The predicted octanol–water partition coefficient (Wildman–Crippen LogP) is 2.18. The van der Waals surface area contributed by atoms with E-state index in [0.717, 1.165) is 16.4 Å². The van der Waals surface area contributed by atoms with Gasteiger partial charge in [0.25, 0.3) is 0 Å². The zero-order valence-electron chi connectivity index (χ0n) is 18.6. The van der Waals surface area contributed by atoms with Gasteiger partial charge in [0.1, 0.15) is 4.90 Å². The number of pyridine rings is 1. The second-order valence-electron chi connectivity index (χ2n) is 7.82. The van der Waals surface area contributed by atoms with Crippen molar-refractivity contribution in [3.8, 4) is 0 Å². The lowest BCUT2D eigenvalue weighted by Crippen LogP contribution is -2.54. The number of benzene rings is 1. The molecule has 1 aliphatic heterocycles. The van der Waals surface area contributed by atoms with E-state index in [2.05, 4.69) is 4.98 Å². The van der Waals surface area contributed by atoms with Crippen molar-refractivity contribution < 1.29 is 43.2 Å². The molecule has 0 bridgehead atoms. The minimum Gasteiger partial charge on any atom is -0.377 e. The number of halogens is 4. The summed E-state index contributed by atoms with van der Waals surface area (Å²) in [5.41, 5.74) is -6.93. The normalized spacial score (nSPS) is 17.7. The molecule has 0 spiro atoms. The number of hydrogen-bond acceptors (Lipinski definition) is 8. The number of sulfone groups is 1. The highest BCUT2D eigenvalue weighted by Crippen LogP contribution is 2.34. The first-order valence-corrected chi connectivity index (χ1v) is 14.9. The number of sulfonamides is 2. The van der Waals surface area contributed by atoms with Crippen LogP contribution in [-0.2, 0) is 34.6 Å². The number of aromatic nitrogens is 1. The Balaban J connectivity index is 1.89. The van der Waals surface area contributed by atoms with E-state index in [9.17, 15) is 38.4 Å². The first kappa shape index (κ1) is 28.7. The van der Waals surface area contributed by atoms with Gasteiger partial charge in [-0.2, -0.15) is 17.5 Å². The van der Waals surface area contributed by atoms with Crippen molar-refractivity contribution in [2.45, 2.75) is 38.8 Å². The van der Waals surface area contributed by atoms with Gasteiger partial charge in [-0.3, -0.25) is 0 Å². The van der Waals surface area contributed by atoms with Crippen molar-refractivity contribution in [3.63, 3.8) is 0 Å². The fraction of sp³-hybridized carbons (Fsp3) is 0.421. The van der Waals surface area contributed by atoms with Crippen LogP contribution in [-0.4, -0.2) is 72.4 Å². The van der Waals surface area contributed by atoms with Crippen molar-refractivity contribution in [3.05, 3.63) is 47.6 Å². The number of piperidine rings is 1. The van der Waals surface area contributed by atoms with Crippen molar-refractivity contribution in [1.29, 1.82) is 0 Å². The molecule has 200 valence electrons. The van der Waals surface area contributed by atoms with Gasteiger partial charge in [-0.05, 0) is 43.2 Å². The molecule has 2 heterocycles. The van der Waals surface area contributed by atoms with Crippen molar-refractivity contribution in [2.75, 3.05) is 26.7 Å². The molecule has 3 rings (SSSR count). The zero-order chi connectivity index (χ0) is 27.0. The average molecular weight is 592 g/mol. The van der Waals surface area contributed by atoms with Crippen LogP contribution in [0.15, 0.2) is 57.4 Å². The molecule has 0 atom stereocenters. The fourth-order valence-electron chi connectivity index (χ4n) is 3.56. The maximum absolute atomic E-state index is 13.4. The number of rotatable bonds is 8. The van der Waals surface area contributed by atoms with E-state index in [0.29, 0.717) is 0 Å². The molecule has 1 aromatic carbocycles. The Labute approximate surface area is 211 Å². The molecule has 1 aromatic heterocycles. The molecule has 0 aliphatic carbocycles. The van der Waals surface area contributed by atoms with Gasteiger partial charge in [0, 0.05) is 38.0 Å². The first-order chi connectivity index (χ1) is 16.6. The summed E-state index contributed by atoms with van der Waals surface area (Å²) in [5.74, 6) is 0. The molecule has 1 aliphatic rings. The van der Waals surface area contributed by atoms with Gasteiger partial charge in [0.05, 0.1) is 10.5 Å². The van der Waals surface area contributed by atoms with Crippen LogP contribution in [0, 0.1) is 0 Å². The van der Waals surface area contributed by atoms with Gasteiger partial charge >= 0.3 is 15.5 Å². The Morgan fingerprint density at radius 3 is 2.22 bits per heavy atom. The largest absolute Gasteiger partial charge is 0.511 e. The molecule has 0 amide bonds. The minimum absolute atomic E-state index is 0.0301. The van der Waals surface area contributed by atoms with Crippen LogP contribution >= 0.6 is 11.6 Å². The molecular weight excluding hydrogens is 571 g/mol. The third-order valence-electron chi connectivity index (χ3n) is 5.68. The van der Waals surface area contributed by atoms with Gasteiger partial charge in [0.2, 0.25) is 19.9 Å². The Morgan fingerprint density at radius 1 is 1.06 bits per heavy atom. The van der Waals surface area contributed by atoms with E-state index < -0.39 is 62.4 Å². The molecule has 1 saturated heterocycles. The Kier molecular flexibility index (Phi) is 8.11. The number of nitrogens with one attached hydrogen (secondary N) is 1. The van der Waals surface area contributed by atoms with Crippen LogP contribution in [0.1, 0.15) is 12.8 Å². The molecule has 0 radical (unpaired) electrons. The summed E-state index contributed by atoms with van der Waals surface area (Å²) >= 11 is 5.96. The van der Waals surface area contributed by atoms with Crippen LogP contribution in [0.3, 0.4) is 0 Å². The van der Waals surface area contributed by atoms with Crippen LogP contribution < -0.4 is 4.72 Å². The Morgan fingerprint density at radius 2 is 1.69 bits per heavy atom. The van der Waals surface area contributed by atoms with Crippen LogP contribution in [0.5, 0.6) is 0 Å². The molecular formula is C19H21ClF3N3O7S3. The van der Waals surface area contributed by atoms with E-state index >= 15 is 0 Å². The zero-order valence-corrected chi connectivity index (χ0v) is 21.8. The lowest BCUT2D eigenvalue weighted by Gasteiger charge is -2.40. The lowest BCUT2D eigenvalue weighted by atomic mass is 9.92. The van der Waals surface area contributed by atoms with Gasteiger partial charge < -0.3 is 4.74 Å². The number of nitrogens with zero attached hydrogens (tertiary/aromatic N) is 2. The standard InChI is InChI=1S/C19H21ClF3N3O7S3/c1-33-18(13-25-36(31,32)19(21,22)23)7-10-26(11-8-18)35(29,30)15-6-5-14(20)12-16(15)34(27,28)17-4-2-3-9-24-17/h2-6,9,12,25H,7-8,10-11,13H2,1H3. The molecule has 0 saturated carbocycles.